The molecule has 0 spiro atoms. The number of hydrogen-bond donors (Lipinski definition) is 0. The van der Waals surface area contributed by atoms with Crippen molar-refractivity contribution in [2.75, 3.05) is 9.80 Å². The Bertz CT molecular complexity index is 6090. The van der Waals surface area contributed by atoms with Gasteiger partial charge in [0.2, 0.25) is 0 Å². The monoisotopic (exact) mass is 1290 g/mol. The van der Waals surface area contributed by atoms with Crippen LogP contribution in [0.25, 0.3) is 134 Å². The molecule has 0 saturated heterocycles. The average molecular weight is 1290 g/mol. The molecule has 10 heteroatoms. The van der Waals surface area contributed by atoms with Gasteiger partial charge in [-0.25, -0.2) is 24.9 Å². The Morgan fingerprint density at radius 3 is 1.17 bits per heavy atom. The fourth-order valence-electron chi connectivity index (χ4n) is 15.6. The summed E-state index contributed by atoms with van der Waals surface area (Å²) in [6, 6.07) is 125. The molecule has 0 amide bonds. The van der Waals surface area contributed by atoms with Crippen molar-refractivity contribution >= 4 is 101 Å². The molecule has 101 heavy (non-hydrogen) atoms. The fourth-order valence-corrected chi connectivity index (χ4v) is 15.6. The van der Waals surface area contributed by atoms with Crippen molar-refractivity contribution in [2.24, 2.45) is 0 Å². The van der Waals surface area contributed by atoms with Gasteiger partial charge in [-0.05, 0) is 137 Å². The Hall–Kier alpha value is -13.6. The lowest BCUT2D eigenvalue weighted by Gasteiger charge is -2.44. The Morgan fingerprint density at radius 1 is 0.218 bits per heavy atom. The molecule has 18 aromatic rings. The first kappa shape index (κ1) is 57.7. The van der Waals surface area contributed by atoms with Crippen molar-refractivity contribution in [1.82, 2.24) is 34.1 Å². The molecular weight excluding hydrogens is 1230 g/mol. The lowest BCUT2D eigenvalue weighted by atomic mass is 9.33. The maximum absolute atomic E-state index is 5.67. The predicted molar refractivity (Wildman–Crippen MR) is 416 cm³/mol. The molecule has 0 radical (unpaired) electrons. The topological polar surface area (TPSA) is 80.8 Å². The van der Waals surface area contributed by atoms with Crippen LogP contribution in [0.2, 0.25) is 0 Å². The van der Waals surface area contributed by atoms with Crippen LogP contribution in [0.15, 0.2) is 352 Å². The van der Waals surface area contributed by atoms with Gasteiger partial charge in [0.15, 0.2) is 23.3 Å². The zero-order valence-electron chi connectivity index (χ0n) is 54.6. The van der Waals surface area contributed by atoms with E-state index in [-0.39, 0.29) is 6.71 Å². The minimum atomic E-state index is -0.000857. The maximum Gasteiger partial charge on any atom is 0.252 e. The van der Waals surface area contributed by atoms with Crippen molar-refractivity contribution in [2.45, 2.75) is 0 Å². The van der Waals surface area contributed by atoms with E-state index in [0.29, 0.717) is 23.3 Å². The van der Waals surface area contributed by atoms with Crippen molar-refractivity contribution in [3.8, 4) is 90.6 Å². The summed E-state index contributed by atoms with van der Waals surface area (Å²) in [6.07, 6.45) is 0. The molecule has 0 unspecified atom stereocenters. The number of anilines is 6. The average Bonchev–Trinajstić information content (AvgIpc) is 1.67. The second kappa shape index (κ2) is 23.6. The zero-order chi connectivity index (χ0) is 66.5. The summed E-state index contributed by atoms with van der Waals surface area (Å²) in [5.74, 6) is 2.14. The van der Waals surface area contributed by atoms with E-state index in [9.17, 15) is 0 Å². The van der Waals surface area contributed by atoms with Gasteiger partial charge in [0, 0.05) is 94.7 Å². The van der Waals surface area contributed by atoms with Crippen LogP contribution in [0.3, 0.4) is 0 Å². The number of nitrogens with zero attached hydrogens (tertiary/aromatic N) is 9. The molecule has 14 aromatic carbocycles. The lowest BCUT2D eigenvalue weighted by molar-refractivity contribution is 1.06. The molecule has 0 saturated carbocycles. The Morgan fingerprint density at radius 2 is 0.624 bits per heavy atom. The van der Waals surface area contributed by atoms with Gasteiger partial charge in [0.05, 0.1) is 39.1 Å². The SMILES string of the molecule is c1ccc(-c2cc(-c3ccccc3)nc(-c3ccc(-n4c5ccccc5c5cc6c7ccccc7n(-c7ccccc7)c6cc54)c(-c4nc(-c5ccccc5)nc(-c5ccc(-c6cc7c8c(c6)N(c6ccccc6)c6ccccc6B8c6ccccc6N7c6ccccc6)cc5)n4)c3)n2)cc1. The smallest absolute Gasteiger partial charge is 0.252 e. The van der Waals surface area contributed by atoms with E-state index in [4.69, 9.17) is 24.9 Å². The summed E-state index contributed by atoms with van der Waals surface area (Å²) < 4.78 is 4.79. The van der Waals surface area contributed by atoms with Gasteiger partial charge < -0.3 is 18.9 Å². The van der Waals surface area contributed by atoms with Gasteiger partial charge in [-0.2, -0.15) is 0 Å². The van der Waals surface area contributed by atoms with E-state index < -0.39 is 0 Å². The number of hydrogen-bond acceptors (Lipinski definition) is 7. The Labute approximate surface area is 583 Å². The molecule has 0 N–H and O–H groups in total. The Kier molecular flexibility index (Phi) is 13.5. The molecule has 470 valence electrons. The second-order valence-electron chi connectivity index (χ2n) is 25.9. The van der Waals surface area contributed by atoms with E-state index in [0.717, 1.165) is 123 Å². The number of rotatable bonds is 11. The molecule has 9 nitrogen and oxygen atoms in total. The van der Waals surface area contributed by atoms with Crippen LogP contribution in [0.5, 0.6) is 0 Å². The number of fused-ring (bicyclic) bond motifs is 10. The Balaban J connectivity index is 0.806. The number of aromatic nitrogens is 7. The first-order chi connectivity index (χ1) is 50.1. The van der Waals surface area contributed by atoms with Crippen LogP contribution in [-0.2, 0) is 0 Å². The minimum absolute atomic E-state index is 0.000857. The molecule has 0 aliphatic carbocycles. The molecular formula is C91H58BN9. The van der Waals surface area contributed by atoms with Crippen LogP contribution in [0, 0.1) is 0 Å². The minimum Gasteiger partial charge on any atom is -0.311 e. The van der Waals surface area contributed by atoms with E-state index in [1.54, 1.807) is 0 Å². The third-order valence-electron chi connectivity index (χ3n) is 20.1. The van der Waals surface area contributed by atoms with Crippen molar-refractivity contribution in [1.29, 1.82) is 0 Å². The molecule has 2 aliphatic rings. The van der Waals surface area contributed by atoms with E-state index in [1.807, 2.05) is 30.3 Å². The highest BCUT2D eigenvalue weighted by molar-refractivity contribution is 7.00. The van der Waals surface area contributed by atoms with Gasteiger partial charge in [0.25, 0.3) is 6.71 Å². The fraction of sp³-hybridized carbons (Fsp3) is 0. The third-order valence-corrected chi connectivity index (χ3v) is 20.1. The standard InChI is InChI=1S/C91H58BN9/c1-7-27-60(28-8-1)76-57-77(61-29-9-2-10-30-61)94-90(93-76)64-51-52-80(101-79-44-24-20-40-70(79)72-56-71-69-39-19-23-43-78(69)98(83(71)58-84(72)101)66-33-13-4-14-34-66)73(53-64)91-96-88(62-31-11-3-12-32-62)95-89(97-91)63-49-47-59(48-50-63)65-54-85-87-86(55-65)100(68-37-17-6-18-38-68)82-46-26-22-42-75(82)92(87)74-41-21-25-45-81(74)99(85)67-35-15-5-16-36-67/h1-58H. The van der Waals surface area contributed by atoms with Crippen LogP contribution in [-0.4, -0.2) is 40.8 Å². The van der Waals surface area contributed by atoms with Crippen molar-refractivity contribution in [3.05, 3.63) is 352 Å². The number of para-hydroxylation sites is 7. The summed E-state index contributed by atoms with van der Waals surface area (Å²) in [4.78, 5) is 32.4. The summed E-state index contributed by atoms with van der Waals surface area (Å²) in [5.41, 5.74) is 25.9. The van der Waals surface area contributed by atoms with E-state index in [1.165, 1.54) is 38.5 Å². The third kappa shape index (κ3) is 9.59. The summed E-state index contributed by atoms with van der Waals surface area (Å²) >= 11 is 0. The van der Waals surface area contributed by atoms with Crippen molar-refractivity contribution < 1.29 is 0 Å². The highest BCUT2D eigenvalue weighted by Gasteiger charge is 2.43. The van der Waals surface area contributed by atoms with E-state index >= 15 is 0 Å². The lowest BCUT2D eigenvalue weighted by Crippen LogP contribution is -2.61. The predicted octanol–water partition coefficient (Wildman–Crippen LogP) is 20.6. The van der Waals surface area contributed by atoms with Gasteiger partial charge in [0.1, 0.15) is 0 Å². The van der Waals surface area contributed by atoms with Gasteiger partial charge in [-0.1, -0.05) is 243 Å². The summed E-state index contributed by atoms with van der Waals surface area (Å²) in [6.45, 7) is -0.000857. The first-order valence-electron chi connectivity index (χ1n) is 34.3. The first-order valence-corrected chi connectivity index (χ1v) is 34.3. The van der Waals surface area contributed by atoms with Crippen molar-refractivity contribution in [3.63, 3.8) is 0 Å². The van der Waals surface area contributed by atoms with Gasteiger partial charge >= 0.3 is 0 Å². The normalized spacial score (nSPS) is 12.3. The van der Waals surface area contributed by atoms with Crippen LogP contribution in [0.1, 0.15) is 0 Å². The van der Waals surface area contributed by atoms with Gasteiger partial charge in [-0.15, -0.1) is 0 Å². The van der Waals surface area contributed by atoms with Gasteiger partial charge in [-0.3, -0.25) is 0 Å². The molecule has 0 atom stereocenters. The van der Waals surface area contributed by atoms with E-state index in [2.05, 4.69) is 340 Å². The molecule has 6 heterocycles. The van der Waals surface area contributed by atoms with Crippen LogP contribution < -0.4 is 26.2 Å². The quantitative estimate of drug-likeness (QED) is 0.119. The number of benzene rings is 14. The highest BCUT2D eigenvalue weighted by Crippen LogP contribution is 2.48. The second-order valence-corrected chi connectivity index (χ2v) is 25.9. The highest BCUT2D eigenvalue weighted by atomic mass is 15.2. The molecule has 0 bridgehead atoms. The van der Waals surface area contributed by atoms with Crippen LogP contribution in [0.4, 0.5) is 34.1 Å². The molecule has 4 aromatic heterocycles. The summed E-state index contributed by atoms with van der Waals surface area (Å²) in [7, 11) is 0. The molecule has 0 fully saturated rings. The molecule has 2 aliphatic heterocycles. The summed E-state index contributed by atoms with van der Waals surface area (Å²) in [5, 5.41) is 4.62. The maximum atomic E-state index is 5.67. The van der Waals surface area contributed by atoms with Crippen LogP contribution >= 0.6 is 0 Å². The molecule has 20 rings (SSSR count). The zero-order valence-corrected chi connectivity index (χ0v) is 54.6. The largest absolute Gasteiger partial charge is 0.311 e.